The Hall–Kier alpha value is -3.55. The number of aliphatic hydroxyl groups excluding tert-OH is 1. The molecule has 1 aliphatic carbocycles. The lowest BCUT2D eigenvalue weighted by Gasteiger charge is -2.23. The molecule has 7 heteroatoms. The first kappa shape index (κ1) is 24.8. The van der Waals surface area contributed by atoms with Crippen molar-refractivity contribution in [2.24, 2.45) is 5.92 Å². The molecule has 7 nitrogen and oxygen atoms in total. The van der Waals surface area contributed by atoms with Crippen LogP contribution in [0.4, 0.5) is 5.95 Å². The summed E-state index contributed by atoms with van der Waals surface area (Å²) in [4.78, 5) is 13.9. The quantitative estimate of drug-likeness (QED) is 0.268. The predicted molar refractivity (Wildman–Crippen MR) is 151 cm³/mol. The molecule has 2 aliphatic rings. The molecule has 0 radical (unpaired) electrons. The molecule has 2 aromatic carbocycles. The second kappa shape index (κ2) is 11.1. The number of piperidine rings is 1. The van der Waals surface area contributed by atoms with Gasteiger partial charge < -0.3 is 20.5 Å². The number of benzene rings is 2. The number of ether oxygens (including phenoxy) is 1. The Morgan fingerprint density at radius 3 is 2.79 bits per heavy atom. The van der Waals surface area contributed by atoms with E-state index in [0.29, 0.717) is 23.8 Å². The summed E-state index contributed by atoms with van der Waals surface area (Å²) in [6.45, 7) is 4.04. The summed E-state index contributed by atoms with van der Waals surface area (Å²) in [6.07, 6.45) is 9.52. The van der Waals surface area contributed by atoms with Crippen LogP contribution in [-0.4, -0.2) is 45.3 Å². The number of aryl methyl sites for hydroxylation is 2. The minimum Gasteiger partial charge on any atom is -0.437 e. The van der Waals surface area contributed by atoms with Crippen molar-refractivity contribution in [3.8, 4) is 22.9 Å². The van der Waals surface area contributed by atoms with E-state index in [1.807, 2.05) is 18.2 Å². The molecule has 0 amide bonds. The highest BCUT2D eigenvalue weighted by Crippen LogP contribution is 2.38. The van der Waals surface area contributed by atoms with Crippen LogP contribution in [0.15, 0.2) is 60.9 Å². The van der Waals surface area contributed by atoms with Gasteiger partial charge in [0, 0.05) is 30.4 Å². The normalized spacial score (nSPS) is 18.3. The van der Waals surface area contributed by atoms with Crippen molar-refractivity contribution < 1.29 is 9.84 Å². The van der Waals surface area contributed by atoms with Gasteiger partial charge in [-0.3, -0.25) is 0 Å². The summed E-state index contributed by atoms with van der Waals surface area (Å²) in [5.74, 6) is 2.42. The van der Waals surface area contributed by atoms with Gasteiger partial charge in [-0.15, -0.1) is 0 Å². The maximum absolute atomic E-state index is 10.4. The molecule has 1 saturated heterocycles. The molecule has 1 aliphatic heterocycles. The van der Waals surface area contributed by atoms with Crippen LogP contribution in [0.2, 0.25) is 0 Å². The molecule has 0 unspecified atom stereocenters. The van der Waals surface area contributed by atoms with Gasteiger partial charge in [0.25, 0.3) is 0 Å². The van der Waals surface area contributed by atoms with E-state index >= 15 is 0 Å². The predicted octanol–water partition coefficient (Wildman–Crippen LogP) is 5.66. The van der Waals surface area contributed by atoms with Crippen LogP contribution < -0.4 is 15.4 Å². The van der Waals surface area contributed by atoms with Crippen molar-refractivity contribution in [1.82, 2.24) is 20.3 Å². The van der Waals surface area contributed by atoms with E-state index in [0.717, 1.165) is 85.0 Å². The number of pyridine rings is 1. The van der Waals surface area contributed by atoms with Gasteiger partial charge in [0.1, 0.15) is 5.75 Å². The first-order valence-electron chi connectivity index (χ1n) is 13.8. The molecule has 4 aromatic rings. The van der Waals surface area contributed by atoms with Crippen LogP contribution >= 0.6 is 0 Å². The number of rotatable bonds is 9. The number of hydrogen-bond acceptors (Lipinski definition) is 7. The van der Waals surface area contributed by atoms with Gasteiger partial charge in [0.05, 0.1) is 17.4 Å². The number of aliphatic hydroxyl groups is 1. The fourth-order valence-electron chi connectivity index (χ4n) is 5.38. The summed E-state index contributed by atoms with van der Waals surface area (Å²) in [5, 5.41) is 19.5. The maximum atomic E-state index is 10.4. The van der Waals surface area contributed by atoms with Gasteiger partial charge in [-0.05, 0) is 92.6 Å². The lowest BCUT2D eigenvalue weighted by atomic mass is 9.96. The zero-order valence-electron chi connectivity index (χ0n) is 21.9. The molecule has 2 aromatic heterocycles. The Bertz CT molecular complexity index is 1410. The second-order valence-corrected chi connectivity index (χ2v) is 10.6. The van der Waals surface area contributed by atoms with Crippen molar-refractivity contribution in [3.05, 3.63) is 72.1 Å². The zero-order valence-corrected chi connectivity index (χ0v) is 21.9. The molecule has 2 atom stereocenters. The number of aromatic nitrogens is 3. The third-order valence-corrected chi connectivity index (χ3v) is 7.71. The fourth-order valence-corrected chi connectivity index (χ4v) is 5.38. The number of nitrogens with one attached hydrogen (secondary N) is 2. The first-order valence-corrected chi connectivity index (χ1v) is 13.8. The minimum absolute atomic E-state index is 0.205. The third-order valence-electron chi connectivity index (χ3n) is 7.71. The van der Waals surface area contributed by atoms with E-state index < -0.39 is 0 Å². The molecule has 0 spiro atoms. The Labute approximate surface area is 223 Å². The number of fused-ring (bicyclic) bond motifs is 1. The van der Waals surface area contributed by atoms with Crippen LogP contribution in [0.1, 0.15) is 43.2 Å². The van der Waals surface area contributed by atoms with Gasteiger partial charge in [-0.2, -0.15) is 0 Å². The van der Waals surface area contributed by atoms with Crippen molar-refractivity contribution in [2.75, 3.05) is 18.4 Å². The largest absolute Gasteiger partial charge is 0.437 e. The SMILES string of the molecule is Cc1ccc2c(CC[C@@H](O)C3CC3)cccc2c1Oc1ncccc1-c1ccnc(N[C@H]2CCCNC2)n1. The smallest absolute Gasteiger partial charge is 0.228 e. The highest BCUT2D eigenvalue weighted by molar-refractivity contribution is 5.92. The van der Waals surface area contributed by atoms with Crippen molar-refractivity contribution in [2.45, 2.75) is 57.6 Å². The Morgan fingerprint density at radius 1 is 1.03 bits per heavy atom. The van der Waals surface area contributed by atoms with Crippen molar-refractivity contribution in [1.29, 1.82) is 0 Å². The number of nitrogens with zero attached hydrogens (tertiary/aromatic N) is 3. The van der Waals surface area contributed by atoms with E-state index in [1.54, 1.807) is 12.4 Å². The molecular formula is C31H35N5O2. The molecule has 38 heavy (non-hydrogen) atoms. The van der Waals surface area contributed by atoms with Crippen molar-refractivity contribution in [3.63, 3.8) is 0 Å². The lowest BCUT2D eigenvalue weighted by Crippen LogP contribution is -2.38. The standard InChI is InChI=1S/C31H35N5O2/c1-20-9-13-24-21(12-14-28(37)22-10-11-22)5-2-7-25(24)29(20)38-30-26(8-4-17-33-30)27-15-18-34-31(36-27)35-23-6-3-16-32-19-23/h2,4-5,7-9,13,15,17-18,22-23,28,32,37H,3,6,10-12,14,16,19H2,1H3,(H,34,35,36)/t23-,28+/m0/s1. The van der Waals surface area contributed by atoms with E-state index in [2.05, 4.69) is 57.9 Å². The summed E-state index contributed by atoms with van der Waals surface area (Å²) in [6, 6.07) is 16.7. The fraction of sp³-hybridized carbons (Fsp3) is 0.387. The topological polar surface area (TPSA) is 92.2 Å². The second-order valence-electron chi connectivity index (χ2n) is 10.6. The Morgan fingerprint density at radius 2 is 1.95 bits per heavy atom. The molecule has 1 saturated carbocycles. The molecular weight excluding hydrogens is 474 g/mol. The molecule has 0 bridgehead atoms. The van der Waals surface area contributed by atoms with Crippen LogP contribution in [0.5, 0.6) is 11.6 Å². The summed E-state index contributed by atoms with van der Waals surface area (Å²) in [5.41, 5.74) is 3.86. The highest BCUT2D eigenvalue weighted by atomic mass is 16.5. The molecule has 3 N–H and O–H groups in total. The molecule has 6 rings (SSSR count). The Kier molecular flexibility index (Phi) is 7.20. The maximum Gasteiger partial charge on any atom is 0.228 e. The van der Waals surface area contributed by atoms with Crippen LogP contribution in [0.3, 0.4) is 0 Å². The van der Waals surface area contributed by atoms with Crippen LogP contribution in [-0.2, 0) is 6.42 Å². The van der Waals surface area contributed by atoms with Gasteiger partial charge >= 0.3 is 0 Å². The van der Waals surface area contributed by atoms with Gasteiger partial charge in [-0.1, -0.05) is 30.3 Å². The minimum atomic E-state index is -0.205. The zero-order chi connectivity index (χ0) is 25.9. The number of anilines is 1. The molecule has 3 heterocycles. The monoisotopic (exact) mass is 509 g/mol. The van der Waals surface area contributed by atoms with Crippen molar-refractivity contribution >= 4 is 16.7 Å². The lowest BCUT2D eigenvalue weighted by molar-refractivity contribution is 0.142. The summed E-state index contributed by atoms with van der Waals surface area (Å²) < 4.78 is 6.58. The average Bonchev–Trinajstić information content (AvgIpc) is 3.80. The van der Waals surface area contributed by atoms with E-state index in [4.69, 9.17) is 9.72 Å². The summed E-state index contributed by atoms with van der Waals surface area (Å²) in [7, 11) is 0. The first-order chi connectivity index (χ1) is 18.7. The highest BCUT2D eigenvalue weighted by Gasteiger charge is 2.29. The average molecular weight is 510 g/mol. The van der Waals surface area contributed by atoms with Crippen LogP contribution in [0.25, 0.3) is 22.0 Å². The number of hydrogen-bond donors (Lipinski definition) is 3. The third kappa shape index (κ3) is 5.49. The van der Waals surface area contributed by atoms with E-state index in [9.17, 15) is 5.11 Å². The van der Waals surface area contributed by atoms with E-state index in [1.165, 1.54) is 5.56 Å². The van der Waals surface area contributed by atoms with Gasteiger partial charge in [-0.25, -0.2) is 15.0 Å². The van der Waals surface area contributed by atoms with Gasteiger partial charge in [0.15, 0.2) is 0 Å². The Balaban J connectivity index is 1.29. The van der Waals surface area contributed by atoms with Gasteiger partial charge in [0.2, 0.25) is 11.8 Å². The van der Waals surface area contributed by atoms with Crippen LogP contribution in [0, 0.1) is 12.8 Å². The molecule has 2 fully saturated rings. The molecule has 196 valence electrons. The van der Waals surface area contributed by atoms with E-state index in [-0.39, 0.29) is 6.10 Å². The summed E-state index contributed by atoms with van der Waals surface area (Å²) >= 11 is 0.